The standard InChI is InChI=1S/C18H27F3N2O2/c1-3-24-17-10-15(4-5-16(17)25-13-18(19,20)21)12-22-11-14-6-8-23(2)9-7-14/h4-5,10,14,22H,3,6-9,11-13H2,1-2H3. The van der Waals surface area contributed by atoms with E-state index in [0.29, 0.717) is 24.8 Å². The van der Waals surface area contributed by atoms with Crippen LogP contribution in [0.15, 0.2) is 18.2 Å². The lowest BCUT2D eigenvalue weighted by Crippen LogP contribution is -2.34. The van der Waals surface area contributed by atoms with Crippen LogP contribution in [0.25, 0.3) is 0 Å². The van der Waals surface area contributed by atoms with Crippen molar-refractivity contribution in [2.24, 2.45) is 5.92 Å². The molecule has 0 radical (unpaired) electrons. The molecule has 142 valence electrons. The normalized spacial score (nSPS) is 16.8. The Kier molecular flexibility index (Phi) is 7.38. The predicted molar refractivity (Wildman–Crippen MR) is 91.1 cm³/mol. The predicted octanol–water partition coefficient (Wildman–Crippen LogP) is 3.46. The van der Waals surface area contributed by atoms with Gasteiger partial charge in [0.15, 0.2) is 18.1 Å². The number of hydrogen-bond acceptors (Lipinski definition) is 4. The van der Waals surface area contributed by atoms with E-state index in [9.17, 15) is 13.2 Å². The Morgan fingerprint density at radius 2 is 1.88 bits per heavy atom. The van der Waals surface area contributed by atoms with Gasteiger partial charge >= 0.3 is 6.18 Å². The summed E-state index contributed by atoms with van der Waals surface area (Å²) < 4.78 is 47.2. The number of halogens is 3. The summed E-state index contributed by atoms with van der Waals surface area (Å²) in [7, 11) is 2.14. The van der Waals surface area contributed by atoms with E-state index in [1.54, 1.807) is 25.1 Å². The van der Waals surface area contributed by atoms with Gasteiger partial charge in [-0.2, -0.15) is 13.2 Å². The van der Waals surface area contributed by atoms with Crippen molar-refractivity contribution in [3.8, 4) is 11.5 Å². The molecular weight excluding hydrogens is 333 g/mol. The molecule has 0 amide bonds. The molecule has 0 spiro atoms. The summed E-state index contributed by atoms with van der Waals surface area (Å²) in [5, 5.41) is 3.44. The highest BCUT2D eigenvalue weighted by Crippen LogP contribution is 2.30. The van der Waals surface area contributed by atoms with E-state index in [1.807, 2.05) is 0 Å². The number of nitrogens with one attached hydrogen (secondary N) is 1. The Labute approximate surface area is 147 Å². The highest BCUT2D eigenvalue weighted by atomic mass is 19.4. The lowest BCUT2D eigenvalue weighted by molar-refractivity contribution is -0.153. The first kappa shape index (κ1) is 19.8. The smallest absolute Gasteiger partial charge is 0.422 e. The van der Waals surface area contributed by atoms with Gasteiger partial charge in [-0.25, -0.2) is 0 Å². The summed E-state index contributed by atoms with van der Waals surface area (Å²) in [6.07, 6.45) is -1.98. The van der Waals surface area contributed by atoms with E-state index < -0.39 is 12.8 Å². The second-order valence-electron chi connectivity index (χ2n) is 6.50. The Balaban J connectivity index is 1.87. The molecule has 1 aromatic carbocycles. The third-order valence-electron chi connectivity index (χ3n) is 4.30. The largest absolute Gasteiger partial charge is 0.490 e. The topological polar surface area (TPSA) is 33.7 Å². The van der Waals surface area contributed by atoms with E-state index in [-0.39, 0.29) is 5.75 Å². The first-order valence-corrected chi connectivity index (χ1v) is 8.72. The van der Waals surface area contributed by atoms with Crippen molar-refractivity contribution in [3.63, 3.8) is 0 Å². The van der Waals surface area contributed by atoms with Gasteiger partial charge in [0.05, 0.1) is 6.61 Å². The molecule has 4 nitrogen and oxygen atoms in total. The van der Waals surface area contributed by atoms with Gasteiger partial charge in [-0.3, -0.25) is 0 Å². The number of nitrogens with zero attached hydrogens (tertiary/aromatic N) is 1. The zero-order chi connectivity index (χ0) is 18.3. The number of ether oxygens (including phenoxy) is 2. The molecule has 1 saturated heterocycles. The van der Waals surface area contributed by atoms with Crippen molar-refractivity contribution >= 4 is 0 Å². The van der Waals surface area contributed by atoms with Gasteiger partial charge in [0.1, 0.15) is 0 Å². The minimum absolute atomic E-state index is 0.123. The molecule has 0 atom stereocenters. The van der Waals surface area contributed by atoms with Crippen LogP contribution in [0.2, 0.25) is 0 Å². The zero-order valence-electron chi connectivity index (χ0n) is 14.9. The van der Waals surface area contributed by atoms with Crippen LogP contribution < -0.4 is 14.8 Å². The van der Waals surface area contributed by atoms with E-state index in [4.69, 9.17) is 9.47 Å². The molecule has 1 N–H and O–H groups in total. The molecule has 1 heterocycles. The van der Waals surface area contributed by atoms with Crippen LogP contribution in [0.4, 0.5) is 13.2 Å². The second kappa shape index (κ2) is 9.29. The summed E-state index contributed by atoms with van der Waals surface area (Å²) in [5.74, 6) is 1.15. The maximum absolute atomic E-state index is 12.3. The molecular formula is C18H27F3N2O2. The number of alkyl halides is 3. The fraction of sp³-hybridized carbons (Fsp3) is 0.667. The van der Waals surface area contributed by atoms with Crippen molar-refractivity contribution in [3.05, 3.63) is 23.8 Å². The summed E-state index contributed by atoms with van der Waals surface area (Å²) in [4.78, 5) is 2.34. The highest BCUT2D eigenvalue weighted by molar-refractivity contribution is 5.43. The molecule has 1 aliphatic heterocycles. The van der Waals surface area contributed by atoms with Gasteiger partial charge in [-0.1, -0.05) is 6.07 Å². The Morgan fingerprint density at radius 3 is 2.52 bits per heavy atom. The van der Waals surface area contributed by atoms with Crippen LogP contribution in [0, 0.1) is 5.92 Å². The molecule has 1 aliphatic rings. The Morgan fingerprint density at radius 1 is 1.16 bits per heavy atom. The number of piperidine rings is 1. The van der Waals surface area contributed by atoms with Crippen molar-refractivity contribution in [2.75, 3.05) is 39.9 Å². The van der Waals surface area contributed by atoms with Crippen molar-refractivity contribution in [1.82, 2.24) is 10.2 Å². The van der Waals surface area contributed by atoms with Gasteiger partial charge in [-0.15, -0.1) is 0 Å². The van der Waals surface area contributed by atoms with Crippen molar-refractivity contribution < 1.29 is 22.6 Å². The number of likely N-dealkylation sites (tertiary alicyclic amines) is 1. The lowest BCUT2D eigenvalue weighted by Gasteiger charge is -2.29. The molecule has 0 aromatic heterocycles. The van der Waals surface area contributed by atoms with Crippen LogP contribution in [0.1, 0.15) is 25.3 Å². The fourth-order valence-corrected chi connectivity index (χ4v) is 2.90. The van der Waals surface area contributed by atoms with E-state index in [2.05, 4.69) is 17.3 Å². The molecule has 0 aliphatic carbocycles. The summed E-state index contributed by atoms with van der Waals surface area (Å²) >= 11 is 0. The van der Waals surface area contributed by atoms with Gasteiger partial charge in [0, 0.05) is 6.54 Å². The minimum Gasteiger partial charge on any atom is -0.490 e. The maximum Gasteiger partial charge on any atom is 0.422 e. The summed E-state index contributed by atoms with van der Waals surface area (Å²) in [6.45, 7) is 4.71. The number of rotatable bonds is 8. The fourth-order valence-electron chi connectivity index (χ4n) is 2.90. The van der Waals surface area contributed by atoms with Crippen molar-refractivity contribution in [2.45, 2.75) is 32.5 Å². The zero-order valence-corrected chi connectivity index (χ0v) is 14.9. The van der Waals surface area contributed by atoms with Crippen molar-refractivity contribution in [1.29, 1.82) is 0 Å². The molecule has 0 saturated carbocycles. The molecule has 7 heteroatoms. The summed E-state index contributed by atoms with van der Waals surface area (Å²) in [5.41, 5.74) is 0.968. The van der Waals surface area contributed by atoms with Gasteiger partial charge < -0.3 is 19.7 Å². The van der Waals surface area contributed by atoms with Crippen LogP contribution >= 0.6 is 0 Å². The van der Waals surface area contributed by atoms with E-state index in [0.717, 1.165) is 25.2 Å². The third kappa shape index (κ3) is 7.12. The lowest BCUT2D eigenvalue weighted by atomic mass is 9.97. The SMILES string of the molecule is CCOc1cc(CNCC2CCN(C)CC2)ccc1OCC(F)(F)F. The van der Waals surface area contributed by atoms with E-state index in [1.165, 1.54) is 12.8 Å². The second-order valence-corrected chi connectivity index (χ2v) is 6.50. The summed E-state index contributed by atoms with van der Waals surface area (Å²) in [6, 6.07) is 5.07. The molecule has 1 aromatic rings. The average Bonchev–Trinajstić information content (AvgIpc) is 2.55. The van der Waals surface area contributed by atoms with E-state index >= 15 is 0 Å². The van der Waals surface area contributed by atoms with Crippen LogP contribution in [-0.2, 0) is 6.54 Å². The Bertz CT molecular complexity index is 530. The molecule has 0 unspecified atom stereocenters. The number of hydrogen-bond donors (Lipinski definition) is 1. The minimum atomic E-state index is -4.36. The molecule has 2 rings (SSSR count). The molecule has 25 heavy (non-hydrogen) atoms. The molecule has 0 bridgehead atoms. The molecule has 1 fully saturated rings. The quantitative estimate of drug-likeness (QED) is 0.770. The monoisotopic (exact) mass is 360 g/mol. The Hall–Kier alpha value is -1.47. The maximum atomic E-state index is 12.3. The first-order chi connectivity index (χ1) is 11.9. The number of benzene rings is 1. The average molecular weight is 360 g/mol. The van der Waals surface area contributed by atoms with Gasteiger partial charge in [-0.05, 0) is 70.1 Å². The highest BCUT2D eigenvalue weighted by Gasteiger charge is 2.29. The van der Waals surface area contributed by atoms with Gasteiger partial charge in [0.25, 0.3) is 0 Å². The van der Waals surface area contributed by atoms with Crippen LogP contribution in [0.3, 0.4) is 0 Å². The third-order valence-corrected chi connectivity index (χ3v) is 4.30. The van der Waals surface area contributed by atoms with Crippen LogP contribution in [0.5, 0.6) is 11.5 Å². The van der Waals surface area contributed by atoms with Gasteiger partial charge in [0.2, 0.25) is 0 Å². The van der Waals surface area contributed by atoms with Crippen LogP contribution in [-0.4, -0.2) is 51.0 Å². The first-order valence-electron chi connectivity index (χ1n) is 8.72.